The smallest absolute Gasteiger partial charge is 0.257 e. The number of hydrogen-bond donors (Lipinski definition) is 3. The number of hydrogen-bond acceptors (Lipinski definition) is 4. The maximum Gasteiger partial charge on any atom is 0.257 e. The van der Waals surface area contributed by atoms with Crippen LogP contribution in [0.25, 0.3) is 11.0 Å². The molecule has 0 aliphatic carbocycles. The van der Waals surface area contributed by atoms with Crippen LogP contribution in [0.4, 0.5) is 0 Å². The number of H-pyrrole nitrogens is 1. The molecule has 0 aliphatic heterocycles. The molecule has 1 unspecified atom stereocenters. The lowest BCUT2D eigenvalue weighted by Gasteiger charge is -2.17. The molecule has 2 heterocycles. The molecule has 2 amide bonds. The van der Waals surface area contributed by atoms with E-state index in [-0.39, 0.29) is 17.0 Å². The molecule has 1 atom stereocenters. The number of fused-ring (bicyclic) bond motifs is 1. The summed E-state index contributed by atoms with van der Waals surface area (Å²) in [5.74, 6) is -1.03. The van der Waals surface area contributed by atoms with Gasteiger partial charge in [-0.2, -0.15) is 0 Å². The average Bonchev–Trinajstić information content (AvgIpc) is 2.66. The fourth-order valence-electron chi connectivity index (χ4n) is 2.51. The quantitative estimate of drug-likeness (QED) is 0.664. The second-order valence-electron chi connectivity index (χ2n) is 5.36. The Morgan fingerprint density at radius 1 is 1.12 bits per heavy atom. The summed E-state index contributed by atoms with van der Waals surface area (Å²) in [7, 11) is 1.48. The van der Waals surface area contributed by atoms with Crippen LogP contribution in [0.2, 0.25) is 0 Å². The third-order valence-corrected chi connectivity index (χ3v) is 3.80. The van der Waals surface area contributed by atoms with Crippen LogP contribution in [0, 0.1) is 0 Å². The van der Waals surface area contributed by atoms with Crippen LogP contribution in [0.3, 0.4) is 0 Å². The number of aromatic amines is 1. The zero-order chi connectivity index (χ0) is 17.8. The Labute approximate surface area is 143 Å². The molecule has 25 heavy (non-hydrogen) atoms. The summed E-state index contributed by atoms with van der Waals surface area (Å²) in [6, 6.07) is 11.3. The van der Waals surface area contributed by atoms with Crippen LogP contribution >= 0.6 is 0 Å². The summed E-state index contributed by atoms with van der Waals surface area (Å²) in [5.41, 5.74) is 0.735. The zero-order valence-corrected chi connectivity index (χ0v) is 13.4. The molecule has 0 saturated heterocycles. The first-order chi connectivity index (χ1) is 12.1. The zero-order valence-electron chi connectivity index (χ0n) is 13.4. The van der Waals surface area contributed by atoms with Crippen LogP contribution in [-0.2, 0) is 4.79 Å². The largest absolute Gasteiger partial charge is 0.359 e. The van der Waals surface area contributed by atoms with Crippen molar-refractivity contribution in [2.24, 2.45) is 0 Å². The Morgan fingerprint density at radius 2 is 1.88 bits per heavy atom. The van der Waals surface area contributed by atoms with E-state index in [4.69, 9.17) is 0 Å². The van der Waals surface area contributed by atoms with Crippen LogP contribution < -0.4 is 16.1 Å². The number of rotatable bonds is 4. The van der Waals surface area contributed by atoms with Gasteiger partial charge in [0.2, 0.25) is 11.3 Å². The number of carbonyl (C=O) groups is 2. The normalized spacial score (nSPS) is 11.7. The molecule has 3 aromatic rings. The molecule has 3 N–H and O–H groups in total. The van der Waals surface area contributed by atoms with Gasteiger partial charge in [-0.25, -0.2) is 0 Å². The van der Waals surface area contributed by atoms with Gasteiger partial charge in [0.15, 0.2) is 0 Å². The minimum absolute atomic E-state index is 0.101. The van der Waals surface area contributed by atoms with Gasteiger partial charge in [0.25, 0.3) is 5.91 Å². The van der Waals surface area contributed by atoms with E-state index in [1.165, 1.54) is 19.4 Å². The van der Waals surface area contributed by atoms with E-state index in [0.717, 1.165) is 0 Å². The van der Waals surface area contributed by atoms with Crippen molar-refractivity contribution in [2.75, 3.05) is 7.05 Å². The van der Waals surface area contributed by atoms with E-state index < -0.39 is 17.4 Å². The molecule has 1 aromatic carbocycles. The van der Waals surface area contributed by atoms with Crippen LogP contribution in [-0.4, -0.2) is 28.8 Å². The molecule has 126 valence electrons. The topological polar surface area (TPSA) is 104 Å². The Balaban J connectivity index is 1.96. The molecule has 3 rings (SSSR count). The summed E-state index contributed by atoms with van der Waals surface area (Å²) >= 11 is 0. The average molecular weight is 336 g/mol. The van der Waals surface area contributed by atoms with Crippen molar-refractivity contribution in [3.63, 3.8) is 0 Å². The van der Waals surface area contributed by atoms with E-state index >= 15 is 0 Å². The van der Waals surface area contributed by atoms with Crippen molar-refractivity contribution in [3.8, 4) is 0 Å². The molecule has 0 saturated carbocycles. The molecule has 0 spiro atoms. The van der Waals surface area contributed by atoms with Gasteiger partial charge < -0.3 is 15.6 Å². The summed E-state index contributed by atoms with van der Waals surface area (Å²) in [4.78, 5) is 44.1. The molecule has 7 nitrogen and oxygen atoms in total. The summed E-state index contributed by atoms with van der Waals surface area (Å²) in [6.07, 6.45) is 2.81. The Hall–Kier alpha value is -3.48. The third kappa shape index (κ3) is 3.25. The molecular formula is C18H16N4O3. The molecular weight excluding hydrogens is 320 g/mol. The lowest BCUT2D eigenvalue weighted by Crippen LogP contribution is -2.40. The summed E-state index contributed by atoms with van der Waals surface area (Å²) in [5, 5.41) is 5.12. The van der Waals surface area contributed by atoms with Crippen molar-refractivity contribution >= 4 is 22.8 Å². The summed E-state index contributed by atoms with van der Waals surface area (Å²) < 4.78 is 0. The third-order valence-electron chi connectivity index (χ3n) is 3.80. The number of aromatic nitrogens is 2. The molecule has 2 aromatic heterocycles. The number of benzene rings is 1. The van der Waals surface area contributed by atoms with E-state index in [1.807, 2.05) is 6.07 Å². The van der Waals surface area contributed by atoms with Gasteiger partial charge in [0, 0.05) is 19.4 Å². The maximum absolute atomic E-state index is 12.6. The fourth-order valence-corrected chi connectivity index (χ4v) is 2.51. The first-order valence-electron chi connectivity index (χ1n) is 7.65. The number of nitrogens with zero attached hydrogens (tertiary/aromatic N) is 1. The first-order valence-corrected chi connectivity index (χ1v) is 7.65. The lowest BCUT2D eigenvalue weighted by atomic mass is 10.1. The first kappa shape index (κ1) is 16.4. The van der Waals surface area contributed by atoms with Gasteiger partial charge in [-0.1, -0.05) is 30.3 Å². The number of likely N-dealkylation sites (N-methyl/N-ethyl adjacent to an activating group) is 1. The van der Waals surface area contributed by atoms with E-state index in [2.05, 4.69) is 20.6 Å². The van der Waals surface area contributed by atoms with E-state index in [1.54, 1.807) is 36.4 Å². The molecule has 0 fully saturated rings. The second kappa shape index (κ2) is 6.96. The SMILES string of the molecule is CNC(=O)C(NC(=O)c1c[nH]c2cccnc2c1=O)c1ccccc1. The van der Waals surface area contributed by atoms with Gasteiger partial charge in [-0.3, -0.25) is 19.4 Å². The highest BCUT2D eigenvalue weighted by atomic mass is 16.2. The van der Waals surface area contributed by atoms with Crippen molar-refractivity contribution in [3.05, 3.63) is 76.2 Å². The number of amides is 2. The highest BCUT2D eigenvalue weighted by Crippen LogP contribution is 2.13. The van der Waals surface area contributed by atoms with Gasteiger partial charge >= 0.3 is 0 Å². The predicted octanol–water partition coefficient (Wildman–Crippen LogP) is 1.14. The van der Waals surface area contributed by atoms with Crippen molar-refractivity contribution in [1.82, 2.24) is 20.6 Å². The Bertz CT molecular complexity index is 982. The van der Waals surface area contributed by atoms with Gasteiger partial charge in [-0.15, -0.1) is 0 Å². The lowest BCUT2D eigenvalue weighted by molar-refractivity contribution is -0.122. The fraction of sp³-hybridized carbons (Fsp3) is 0.111. The van der Waals surface area contributed by atoms with Crippen LogP contribution in [0.1, 0.15) is 22.0 Å². The molecule has 0 bridgehead atoms. The standard InChI is InChI=1S/C18H16N4O3/c1-19-18(25)14(11-6-3-2-4-7-11)22-17(24)12-10-21-13-8-5-9-20-15(13)16(12)23/h2-10,14H,1H3,(H,19,25)(H,21,23)(H,22,24). The van der Waals surface area contributed by atoms with Crippen molar-refractivity contribution in [1.29, 1.82) is 0 Å². The molecule has 0 radical (unpaired) electrons. The Kier molecular flexibility index (Phi) is 4.56. The highest BCUT2D eigenvalue weighted by molar-refractivity contribution is 5.99. The van der Waals surface area contributed by atoms with Gasteiger partial charge in [0.1, 0.15) is 17.1 Å². The maximum atomic E-state index is 12.6. The number of pyridine rings is 2. The monoisotopic (exact) mass is 336 g/mol. The summed E-state index contributed by atoms with van der Waals surface area (Å²) in [6.45, 7) is 0. The minimum atomic E-state index is -0.905. The minimum Gasteiger partial charge on any atom is -0.359 e. The van der Waals surface area contributed by atoms with Gasteiger partial charge in [0.05, 0.1) is 5.52 Å². The number of carbonyl (C=O) groups excluding carboxylic acids is 2. The van der Waals surface area contributed by atoms with E-state index in [0.29, 0.717) is 11.1 Å². The molecule has 0 aliphatic rings. The molecule has 7 heteroatoms. The van der Waals surface area contributed by atoms with Crippen LogP contribution in [0.15, 0.2) is 59.7 Å². The Morgan fingerprint density at radius 3 is 2.60 bits per heavy atom. The van der Waals surface area contributed by atoms with Crippen LogP contribution in [0.5, 0.6) is 0 Å². The van der Waals surface area contributed by atoms with Crippen molar-refractivity contribution < 1.29 is 9.59 Å². The van der Waals surface area contributed by atoms with Crippen molar-refractivity contribution in [2.45, 2.75) is 6.04 Å². The van der Waals surface area contributed by atoms with E-state index in [9.17, 15) is 14.4 Å². The van der Waals surface area contributed by atoms with Gasteiger partial charge in [-0.05, 0) is 17.7 Å². The highest BCUT2D eigenvalue weighted by Gasteiger charge is 2.24. The predicted molar refractivity (Wildman–Crippen MR) is 93.1 cm³/mol. The number of nitrogens with one attached hydrogen (secondary N) is 3. The second-order valence-corrected chi connectivity index (χ2v) is 5.36.